The summed E-state index contributed by atoms with van der Waals surface area (Å²) >= 11 is 0. The third kappa shape index (κ3) is 3.47. The van der Waals surface area contributed by atoms with Gasteiger partial charge in [-0.15, -0.1) is 0 Å². The quantitative estimate of drug-likeness (QED) is 0.240. The summed E-state index contributed by atoms with van der Waals surface area (Å²) in [6, 6.07) is 45.3. The Morgan fingerprint density at radius 1 is 0.487 bits per heavy atom. The molecule has 0 spiro atoms. The van der Waals surface area contributed by atoms with E-state index in [0.29, 0.717) is 0 Å². The second kappa shape index (κ2) is 8.85. The van der Waals surface area contributed by atoms with Crippen LogP contribution in [0, 0.1) is 0 Å². The van der Waals surface area contributed by atoms with E-state index in [-0.39, 0.29) is 5.92 Å². The van der Waals surface area contributed by atoms with Gasteiger partial charge in [0.15, 0.2) is 0 Å². The van der Waals surface area contributed by atoms with Gasteiger partial charge in [0.25, 0.3) is 0 Å². The molecule has 0 radical (unpaired) electrons. The number of fused-ring (bicyclic) bond motifs is 6. The van der Waals surface area contributed by atoms with Crippen molar-refractivity contribution >= 4 is 16.7 Å². The number of hydrogen-bond donors (Lipinski definition) is 0. The number of hydrogen-bond acceptors (Lipinski definition) is 1. The fourth-order valence-electron chi connectivity index (χ4n) is 6.65. The second-order valence-corrected chi connectivity index (χ2v) is 10.4. The van der Waals surface area contributed by atoms with Gasteiger partial charge in [-0.25, -0.2) is 0 Å². The number of benzene rings is 5. The lowest BCUT2D eigenvalue weighted by Gasteiger charge is -2.22. The molecule has 184 valence electrons. The van der Waals surface area contributed by atoms with Crippen LogP contribution in [0.4, 0.5) is 0 Å². The third-order valence-corrected chi connectivity index (χ3v) is 8.30. The van der Waals surface area contributed by atoms with Gasteiger partial charge in [-0.05, 0) is 80.3 Å². The maximum absolute atomic E-state index is 6.38. The average Bonchev–Trinajstić information content (AvgIpc) is 3.50. The van der Waals surface area contributed by atoms with E-state index in [1.54, 1.807) is 0 Å². The number of para-hydroxylation sites is 2. The smallest absolute Gasteiger partial charge is 0.134 e. The number of allylic oxidation sites excluding steroid dienone is 6. The Hall–Kier alpha value is -4.88. The van der Waals surface area contributed by atoms with Crippen molar-refractivity contribution in [2.75, 3.05) is 0 Å². The van der Waals surface area contributed by atoms with E-state index in [1.165, 1.54) is 55.7 Å². The third-order valence-electron chi connectivity index (χ3n) is 8.30. The van der Waals surface area contributed by atoms with Crippen LogP contribution in [0.5, 0.6) is 11.5 Å². The summed E-state index contributed by atoms with van der Waals surface area (Å²) in [5.74, 6) is 1.96. The molecule has 1 nitrogen and oxygen atoms in total. The molecule has 3 aliphatic rings. The summed E-state index contributed by atoms with van der Waals surface area (Å²) in [6.45, 7) is 0. The predicted molar refractivity (Wildman–Crippen MR) is 161 cm³/mol. The van der Waals surface area contributed by atoms with E-state index in [1.807, 2.05) is 30.3 Å². The van der Waals surface area contributed by atoms with Crippen LogP contribution in [0.25, 0.3) is 27.8 Å². The fourth-order valence-corrected chi connectivity index (χ4v) is 6.65. The van der Waals surface area contributed by atoms with Crippen LogP contribution in [-0.4, -0.2) is 0 Å². The van der Waals surface area contributed by atoms with E-state index < -0.39 is 0 Å². The van der Waals surface area contributed by atoms with Gasteiger partial charge in [-0.1, -0.05) is 121 Å². The molecule has 0 N–H and O–H groups in total. The Morgan fingerprint density at radius 2 is 1.05 bits per heavy atom. The van der Waals surface area contributed by atoms with Crippen molar-refractivity contribution in [2.45, 2.75) is 12.3 Å². The minimum absolute atomic E-state index is 0.217. The maximum atomic E-state index is 6.38. The molecular weight excluding hydrogens is 472 g/mol. The van der Waals surface area contributed by atoms with Crippen LogP contribution in [0.3, 0.4) is 0 Å². The lowest BCUT2D eigenvalue weighted by atomic mass is 9.81. The highest BCUT2D eigenvalue weighted by molar-refractivity contribution is 6.07. The second-order valence-electron chi connectivity index (χ2n) is 10.4. The Balaban J connectivity index is 1.29. The zero-order valence-corrected chi connectivity index (χ0v) is 21.5. The van der Waals surface area contributed by atoms with Gasteiger partial charge >= 0.3 is 0 Å². The van der Waals surface area contributed by atoms with E-state index in [9.17, 15) is 0 Å². The molecule has 1 heteroatoms. The highest BCUT2D eigenvalue weighted by Gasteiger charge is 2.38. The number of ether oxygens (including phenoxy) is 1. The lowest BCUT2D eigenvalue weighted by molar-refractivity contribution is 0.481. The lowest BCUT2D eigenvalue weighted by Crippen LogP contribution is -2.03. The standard InChI is InChI=1S/C38H26O/c1-2-12-26(13-3-1)39-36-21-11-10-14-27(36)25-22-23-31-30-17-6-9-20-34(30)38(35(31)24-25)37-32-18-7-4-15-28(32)29-16-5-8-19-33(29)37/h1-23,37H,24H2. The zero-order valence-electron chi connectivity index (χ0n) is 21.5. The molecule has 0 amide bonds. The molecule has 39 heavy (non-hydrogen) atoms. The van der Waals surface area contributed by atoms with Crippen LogP contribution >= 0.6 is 0 Å². The van der Waals surface area contributed by atoms with Crippen LogP contribution in [0.2, 0.25) is 0 Å². The first-order valence-corrected chi connectivity index (χ1v) is 13.6. The monoisotopic (exact) mass is 498 g/mol. The van der Waals surface area contributed by atoms with Gasteiger partial charge in [-0.2, -0.15) is 0 Å². The maximum Gasteiger partial charge on any atom is 0.134 e. The molecule has 3 aliphatic carbocycles. The largest absolute Gasteiger partial charge is 0.457 e. The van der Waals surface area contributed by atoms with Crippen molar-refractivity contribution in [3.63, 3.8) is 0 Å². The molecule has 0 saturated heterocycles. The Morgan fingerprint density at radius 3 is 1.77 bits per heavy atom. The molecule has 0 atom stereocenters. The summed E-state index contributed by atoms with van der Waals surface area (Å²) < 4.78 is 6.38. The Kier molecular flexibility index (Phi) is 5.03. The average molecular weight is 499 g/mol. The van der Waals surface area contributed by atoms with E-state index in [4.69, 9.17) is 4.74 Å². The van der Waals surface area contributed by atoms with Gasteiger partial charge in [0.1, 0.15) is 11.5 Å². The Bertz CT molecular complexity index is 1810. The first-order valence-electron chi connectivity index (χ1n) is 13.6. The number of rotatable bonds is 4. The van der Waals surface area contributed by atoms with Crippen molar-refractivity contribution in [1.82, 2.24) is 0 Å². The van der Waals surface area contributed by atoms with Crippen LogP contribution in [0.1, 0.15) is 40.2 Å². The summed E-state index contributed by atoms with van der Waals surface area (Å²) in [5, 5.41) is 0. The molecule has 5 aromatic carbocycles. The highest BCUT2D eigenvalue weighted by Crippen LogP contribution is 2.58. The van der Waals surface area contributed by atoms with Gasteiger partial charge < -0.3 is 4.74 Å². The van der Waals surface area contributed by atoms with Crippen LogP contribution in [0.15, 0.2) is 145 Å². The SMILES string of the molecule is C1=C(c2ccccc2Oc2ccccc2)CC2=C(C3c4ccccc4-c4ccccc43)c3ccccc3C2=C1. The molecule has 5 aromatic rings. The fraction of sp³-hybridized carbons (Fsp3) is 0.0526. The van der Waals surface area contributed by atoms with Crippen molar-refractivity contribution in [3.8, 4) is 22.6 Å². The summed E-state index contributed by atoms with van der Waals surface area (Å²) in [6.07, 6.45) is 5.49. The molecule has 0 aliphatic heterocycles. The molecule has 0 heterocycles. The topological polar surface area (TPSA) is 9.23 Å². The van der Waals surface area contributed by atoms with E-state index in [0.717, 1.165) is 23.5 Å². The van der Waals surface area contributed by atoms with Gasteiger partial charge in [-0.3, -0.25) is 0 Å². The first kappa shape index (κ1) is 22.1. The normalized spacial score (nSPS) is 15.2. The van der Waals surface area contributed by atoms with E-state index >= 15 is 0 Å². The van der Waals surface area contributed by atoms with Crippen LogP contribution in [-0.2, 0) is 0 Å². The van der Waals surface area contributed by atoms with E-state index in [2.05, 4.69) is 109 Å². The molecule has 0 aromatic heterocycles. The molecule has 0 fully saturated rings. The van der Waals surface area contributed by atoms with Crippen molar-refractivity contribution < 1.29 is 4.74 Å². The summed E-state index contributed by atoms with van der Waals surface area (Å²) in [4.78, 5) is 0. The van der Waals surface area contributed by atoms with Gasteiger partial charge in [0.05, 0.1) is 0 Å². The molecule has 0 unspecified atom stereocenters. The minimum atomic E-state index is 0.217. The minimum Gasteiger partial charge on any atom is -0.457 e. The van der Waals surface area contributed by atoms with Crippen LogP contribution < -0.4 is 4.74 Å². The molecule has 8 rings (SSSR count). The summed E-state index contributed by atoms with van der Waals surface area (Å²) in [5.41, 5.74) is 14.9. The molecule has 0 saturated carbocycles. The molecule has 0 bridgehead atoms. The Labute approximate surface area is 229 Å². The molecular formula is C38H26O. The summed E-state index contributed by atoms with van der Waals surface area (Å²) in [7, 11) is 0. The van der Waals surface area contributed by atoms with Crippen molar-refractivity contribution in [1.29, 1.82) is 0 Å². The predicted octanol–water partition coefficient (Wildman–Crippen LogP) is 9.93. The highest BCUT2D eigenvalue weighted by atomic mass is 16.5. The van der Waals surface area contributed by atoms with Crippen molar-refractivity contribution in [2.24, 2.45) is 0 Å². The van der Waals surface area contributed by atoms with Gasteiger partial charge in [0, 0.05) is 11.5 Å². The first-order chi connectivity index (χ1) is 19.4. The van der Waals surface area contributed by atoms with Crippen molar-refractivity contribution in [3.05, 3.63) is 173 Å². The zero-order chi connectivity index (χ0) is 25.8. The van der Waals surface area contributed by atoms with Gasteiger partial charge in [0.2, 0.25) is 0 Å².